The summed E-state index contributed by atoms with van der Waals surface area (Å²) < 4.78 is 6.04. The van der Waals surface area contributed by atoms with Crippen LogP contribution in [0.4, 0.5) is 0 Å². The van der Waals surface area contributed by atoms with E-state index in [2.05, 4.69) is 15.9 Å². The zero-order valence-corrected chi connectivity index (χ0v) is 9.62. The van der Waals surface area contributed by atoms with E-state index >= 15 is 0 Å². The fourth-order valence-electron chi connectivity index (χ4n) is 1.23. The smallest absolute Gasteiger partial charge is 0.119 e. The second kappa shape index (κ2) is 5.34. The molecule has 1 rings (SSSR count). The van der Waals surface area contributed by atoms with E-state index in [1.807, 2.05) is 18.2 Å². The highest BCUT2D eigenvalue weighted by atomic mass is 79.9. The molecule has 0 saturated heterocycles. The third kappa shape index (κ3) is 2.70. The summed E-state index contributed by atoms with van der Waals surface area (Å²) >= 11 is 3.41. The number of halogens is 1. The predicted molar refractivity (Wildman–Crippen MR) is 59.3 cm³/mol. The van der Waals surface area contributed by atoms with Gasteiger partial charge in [0.1, 0.15) is 5.75 Å². The van der Waals surface area contributed by atoms with Crippen molar-refractivity contribution in [2.45, 2.75) is 12.5 Å². The van der Waals surface area contributed by atoms with E-state index in [-0.39, 0.29) is 12.6 Å². The second-order valence-electron chi connectivity index (χ2n) is 3.01. The molecule has 1 aromatic carbocycles. The van der Waals surface area contributed by atoms with Crippen LogP contribution in [0.25, 0.3) is 0 Å². The van der Waals surface area contributed by atoms with Crippen LogP contribution in [-0.4, -0.2) is 18.8 Å². The average molecular weight is 260 g/mol. The summed E-state index contributed by atoms with van der Waals surface area (Å²) in [6.45, 7) is 0.0881. The van der Waals surface area contributed by atoms with Crippen molar-refractivity contribution in [1.82, 2.24) is 0 Å². The Morgan fingerprint density at radius 1 is 1.57 bits per heavy atom. The standard InChI is InChI=1S/C10H14BrNO2/c1-14-7-2-3-9(11)8(6-7)10(12)4-5-13/h2-3,6,10,13H,4-5,12H2,1H3/t10-/m1/s1. The van der Waals surface area contributed by atoms with Crippen molar-refractivity contribution in [3.63, 3.8) is 0 Å². The molecule has 0 amide bonds. The Kier molecular flexibility index (Phi) is 4.38. The van der Waals surface area contributed by atoms with Crippen LogP contribution in [0.15, 0.2) is 22.7 Å². The molecule has 0 aliphatic heterocycles. The molecule has 0 unspecified atom stereocenters. The van der Waals surface area contributed by atoms with E-state index in [1.165, 1.54) is 0 Å². The maximum atomic E-state index is 8.79. The van der Waals surface area contributed by atoms with Crippen molar-refractivity contribution >= 4 is 15.9 Å². The molecule has 1 aromatic rings. The maximum absolute atomic E-state index is 8.79. The van der Waals surface area contributed by atoms with Gasteiger partial charge in [0.25, 0.3) is 0 Å². The lowest BCUT2D eigenvalue weighted by molar-refractivity contribution is 0.276. The predicted octanol–water partition coefficient (Wildman–Crippen LogP) is 1.84. The molecule has 0 aromatic heterocycles. The van der Waals surface area contributed by atoms with Crippen LogP contribution in [0.5, 0.6) is 5.75 Å². The normalized spacial score (nSPS) is 12.6. The summed E-state index contributed by atoms with van der Waals surface area (Å²) in [5.41, 5.74) is 6.84. The maximum Gasteiger partial charge on any atom is 0.119 e. The van der Waals surface area contributed by atoms with Crippen LogP contribution in [-0.2, 0) is 0 Å². The number of benzene rings is 1. The number of nitrogens with two attached hydrogens (primary N) is 1. The number of ether oxygens (including phenoxy) is 1. The van der Waals surface area contributed by atoms with Crippen LogP contribution in [0.3, 0.4) is 0 Å². The highest BCUT2D eigenvalue weighted by Gasteiger charge is 2.10. The van der Waals surface area contributed by atoms with Gasteiger partial charge in [-0.05, 0) is 30.2 Å². The van der Waals surface area contributed by atoms with Gasteiger partial charge in [0.2, 0.25) is 0 Å². The molecule has 3 N–H and O–H groups in total. The third-order valence-corrected chi connectivity index (χ3v) is 2.76. The van der Waals surface area contributed by atoms with Crippen LogP contribution < -0.4 is 10.5 Å². The Morgan fingerprint density at radius 2 is 2.29 bits per heavy atom. The minimum Gasteiger partial charge on any atom is -0.497 e. The van der Waals surface area contributed by atoms with E-state index < -0.39 is 0 Å². The molecule has 0 heterocycles. The minimum atomic E-state index is -0.163. The first-order chi connectivity index (χ1) is 6.69. The van der Waals surface area contributed by atoms with Crippen molar-refractivity contribution in [3.8, 4) is 5.75 Å². The lowest BCUT2D eigenvalue weighted by atomic mass is 10.1. The minimum absolute atomic E-state index is 0.0881. The molecule has 78 valence electrons. The summed E-state index contributed by atoms with van der Waals surface area (Å²) in [4.78, 5) is 0. The zero-order chi connectivity index (χ0) is 10.6. The Morgan fingerprint density at radius 3 is 2.86 bits per heavy atom. The van der Waals surface area contributed by atoms with Crippen molar-refractivity contribution in [1.29, 1.82) is 0 Å². The van der Waals surface area contributed by atoms with Crippen molar-refractivity contribution in [2.24, 2.45) is 5.73 Å². The van der Waals surface area contributed by atoms with Gasteiger partial charge in [-0.1, -0.05) is 15.9 Å². The van der Waals surface area contributed by atoms with E-state index in [0.717, 1.165) is 15.8 Å². The molecular weight excluding hydrogens is 246 g/mol. The van der Waals surface area contributed by atoms with E-state index in [1.54, 1.807) is 7.11 Å². The molecule has 0 saturated carbocycles. The van der Waals surface area contributed by atoms with E-state index in [4.69, 9.17) is 15.6 Å². The Bertz CT molecular complexity index is 304. The Hall–Kier alpha value is -0.580. The summed E-state index contributed by atoms with van der Waals surface area (Å²) in [6, 6.07) is 5.47. The SMILES string of the molecule is COc1ccc(Br)c([C@H](N)CCO)c1. The fraction of sp³-hybridized carbons (Fsp3) is 0.400. The second-order valence-corrected chi connectivity index (χ2v) is 3.86. The number of aliphatic hydroxyl groups is 1. The number of aliphatic hydroxyl groups excluding tert-OH is 1. The molecule has 14 heavy (non-hydrogen) atoms. The third-order valence-electron chi connectivity index (χ3n) is 2.04. The Labute approximate surface area is 92.0 Å². The summed E-state index contributed by atoms with van der Waals surface area (Å²) in [5.74, 6) is 0.775. The van der Waals surface area contributed by atoms with E-state index in [9.17, 15) is 0 Å². The summed E-state index contributed by atoms with van der Waals surface area (Å²) in [5, 5.41) is 8.79. The molecule has 0 aliphatic carbocycles. The number of hydrogen-bond acceptors (Lipinski definition) is 3. The van der Waals surface area contributed by atoms with Gasteiger partial charge in [0, 0.05) is 17.1 Å². The van der Waals surface area contributed by atoms with Gasteiger partial charge < -0.3 is 15.6 Å². The highest BCUT2D eigenvalue weighted by molar-refractivity contribution is 9.10. The lowest BCUT2D eigenvalue weighted by Crippen LogP contribution is -2.12. The topological polar surface area (TPSA) is 55.5 Å². The summed E-state index contributed by atoms with van der Waals surface area (Å²) in [6.07, 6.45) is 0.547. The van der Waals surface area contributed by atoms with Gasteiger partial charge in [0.05, 0.1) is 7.11 Å². The molecule has 0 fully saturated rings. The molecule has 0 aliphatic rings. The Balaban J connectivity index is 2.93. The van der Waals surface area contributed by atoms with Gasteiger partial charge in [-0.2, -0.15) is 0 Å². The van der Waals surface area contributed by atoms with Gasteiger partial charge in [-0.3, -0.25) is 0 Å². The van der Waals surface area contributed by atoms with Crippen LogP contribution in [0, 0.1) is 0 Å². The highest BCUT2D eigenvalue weighted by Crippen LogP contribution is 2.27. The van der Waals surface area contributed by atoms with E-state index in [0.29, 0.717) is 6.42 Å². The molecule has 0 radical (unpaired) electrons. The number of rotatable bonds is 4. The molecule has 3 nitrogen and oxygen atoms in total. The van der Waals surface area contributed by atoms with Gasteiger partial charge in [0.15, 0.2) is 0 Å². The lowest BCUT2D eigenvalue weighted by Gasteiger charge is -2.13. The van der Waals surface area contributed by atoms with Gasteiger partial charge in [-0.25, -0.2) is 0 Å². The number of methoxy groups -OCH3 is 1. The van der Waals surface area contributed by atoms with Crippen molar-refractivity contribution in [2.75, 3.05) is 13.7 Å². The quantitative estimate of drug-likeness (QED) is 0.868. The van der Waals surface area contributed by atoms with Crippen molar-refractivity contribution in [3.05, 3.63) is 28.2 Å². The zero-order valence-electron chi connectivity index (χ0n) is 8.03. The molecular formula is C10H14BrNO2. The van der Waals surface area contributed by atoms with Crippen LogP contribution in [0.1, 0.15) is 18.0 Å². The first kappa shape index (κ1) is 11.5. The molecule has 0 bridgehead atoms. The van der Waals surface area contributed by atoms with Crippen molar-refractivity contribution < 1.29 is 9.84 Å². The average Bonchev–Trinajstić information content (AvgIpc) is 2.19. The van der Waals surface area contributed by atoms with Crippen LogP contribution >= 0.6 is 15.9 Å². The number of hydrogen-bond donors (Lipinski definition) is 2. The van der Waals surface area contributed by atoms with Crippen LogP contribution in [0.2, 0.25) is 0 Å². The molecule has 4 heteroatoms. The molecule has 1 atom stereocenters. The monoisotopic (exact) mass is 259 g/mol. The fourth-order valence-corrected chi connectivity index (χ4v) is 1.77. The first-order valence-electron chi connectivity index (χ1n) is 4.39. The largest absolute Gasteiger partial charge is 0.497 e. The van der Waals surface area contributed by atoms with Gasteiger partial charge >= 0.3 is 0 Å². The van der Waals surface area contributed by atoms with Gasteiger partial charge in [-0.15, -0.1) is 0 Å². The first-order valence-corrected chi connectivity index (χ1v) is 5.18. The molecule has 0 spiro atoms. The summed E-state index contributed by atoms with van der Waals surface area (Å²) in [7, 11) is 1.62.